The van der Waals surface area contributed by atoms with Crippen LogP contribution < -0.4 is 5.32 Å². The second-order valence-electron chi connectivity index (χ2n) is 8.21. The fourth-order valence-corrected chi connectivity index (χ4v) is 3.15. The van der Waals surface area contributed by atoms with Crippen LogP contribution in [0.5, 0.6) is 0 Å². The summed E-state index contributed by atoms with van der Waals surface area (Å²) < 4.78 is 0. The summed E-state index contributed by atoms with van der Waals surface area (Å²) in [6.07, 6.45) is 5.61. The zero-order valence-electron chi connectivity index (χ0n) is 14.3. The Morgan fingerprint density at radius 2 is 1.63 bits per heavy atom. The van der Waals surface area contributed by atoms with Crippen molar-refractivity contribution in [3.05, 3.63) is 0 Å². The van der Waals surface area contributed by atoms with Crippen LogP contribution in [-0.4, -0.2) is 36.6 Å². The third-order valence-electron chi connectivity index (χ3n) is 4.90. The number of rotatable bonds is 6. The van der Waals surface area contributed by atoms with E-state index in [1.165, 1.54) is 38.8 Å². The molecule has 114 valence electrons. The van der Waals surface area contributed by atoms with Gasteiger partial charge in [-0.1, -0.05) is 26.7 Å². The highest BCUT2D eigenvalue weighted by Gasteiger charge is 2.36. The van der Waals surface area contributed by atoms with E-state index in [4.69, 9.17) is 0 Å². The monoisotopic (exact) mass is 268 g/mol. The van der Waals surface area contributed by atoms with Gasteiger partial charge in [-0.25, -0.2) is 0 Å². The minimum atomic E-state index is 0.234. The van der Waals surface area contributed by atoms with Gasteiger partial charge in [-0.05, 0) is 58.9 Å². The average Bonchev–Trinajstić information content (AvgIpc) is 2.73. The van der Waals surface area contributed by atoms with Crippen molar-refractivity contribution in [2.24, 2.45) is 11.3 Å². The highest BCUT2D eigenvalue weighted by molar-refractivity contribution is 4.91. The normalized spacial score (nSPS) is 21.3. The van der Waals surface area contributed by atoms with Gasteiger partial charge >= 0.3 is 0 Å². The van der Waals surface area contributed by atoms with Gasteiger partial charge in [0.2, 0.25) is 0 Å². The first kappa shape index (κ1) is 17.0. The lowest BCUT2D eigenvalue weighted by atomic mass is 9.84. The maximum absolute atomic E-state index is 3.75. The minimum absolute atomic E-state index is 0.234. The lowest BCUT2D eigenvalue weighted by Gasteiger charge is -2.39. The standard InChI is InChI=1S/C17H36N2/c1-14(2)15(3)19(7)13-17(10-8-9-11-17)12-18-16(4,5)6/h14-15,18H,8-13H2,1-7H3. The molecule has 0 aliphatic heterocycles. The van der Waals surface area contributed by atoms with Gasteiger partial charge < -0.3 is 10.2 Å². The molecule has 0 aromatic carbocycles. The highest BCUT2D eigenvalue weighted by Crippen LogP contribution is 2.39. The van der Waals surface area contributed by atoms with Gasteiger partial charge in [0, 0.05) is 24.7 Å². The topological polar surface area (TPSA) is 15.3 Å². The Morgan fingerprint density at radius 1 is 1.11 bits per heavy atom. The summed E-state index contributed by atoms with van der Waals surface area (Å²) in [6.45, 7) is 16.3. The Bertz CT molecular complexity index is 259. The molecular formula is C17H36N2. The van der Waals surface area contributed by atoms with E-state index < -0.39 is 0 Å². The van der Waals surface area contributed by atoms with Crippen LogP contribution in [0.15, 0.2) is 0 Å². The van der Waals surface area contributed by atoms with Gasteiger partial charge in [0.1, 0.15) is 0 Å². The molecule has 0 aromatic heterocycles. The fraction of sp³-hybridized carbons (Fsp3) is 1.00. The number of hydrogen-bond donors (Lipinski definition) is 1. The molecule has 2 heteroatoms. The molecule has 1 aliphatic rings. The van der Waals surface area contributed by atoms with Gasteiger partial charge in [0.05, 0.1) is 0 Å². The molecule has 1 fully saturated rings. The van der Waals surface area contributed by atoms with Gasteiger partial charge in [0.15, 0.2) is 0 Å². The van der Waals surface area contributed by atoms with E-state index in [0.29, 0.717) is 11.5 Å². The third-order valence-corrected chi connectivity index (χ3v) is 4.90. The van der Waals surface area contributed by atoms with Crippen molar-refractivity contribution in [3.8, 4) is 0 Å². The lowest BCUT2D eigenvalue weighted by molar-refractivity contribution is 0.114. The fourth-order valence-electron chi connectivity index (χ4n) is 3.15. The average molecular weight is 268 g/mol. The maximum atomic E-state index is 3.75. The van der Waals surface area contributed by atoms with E-state index in [1.54, 1.807) is 0 Å². The van der Waals surface area contributed by atoms with Gasteiger partial charge in [0.25, 0.3) is 0 Å². The molecule has 0 aromatic rings. The zero-order chi connectivity index (χ0) is 14.7. The van der Waals surface area contributed by atoms with E-state index >= 15 is 0 Å². The Balaban J connectivity index is 2.61. The third kappa shape index (κ3) is 5.43. The number of hydrogen-bond acceptors (Lipinski definition) is 2. The molecule has 0 spiro atoms. The van der Waals surface area contributed by atoms with Crippen molar-refractivity contribution in [1.29, 1.82) is 0 Å². The van der Waals surface area contributed by atoms with Crippen LogP contribution in [0, 0.1) is 11.3 Å². The van der Waals surface area contributed by atoms with Crippen molar-refractivity contribution in [2.75, 3.05) is 20.1 Å². The Hall–Kier alpha value is -0.0800. The van der Waals surface area contributed by atoms with Gasteiger partial charge in [-0.2, -0.15) is 0 Å². The van der Waals surface area contributed by atoms with Crippen LogP contribution in [0.3, 0.4) is 0 Å². The zero-order valence-corrected chi connectivity index (χ0v) is 14.3. The summed E-state index contributed by atoms with van der Waals surface area (Å²) in [5.41, 5.74) is 0.739. The molecule has 0 radical (unpaired) electrons. The molecule has 1 atom stereocenters. The van der Waals surface area contributed by atoms with Crippen LogP contribution in [0.4, 0.5) is 0 Å². The number of nitrogens with one attached hydrogen (secondary N) is 1. The molecule has 0 heterocycles. The van der Waals surface area contributed by atoms with Crippen LogP contribution in [-0.2, 0) is 0 Å². The number of nitrogens with zero attached hydrogens (tertiary/aromatic N) is 1. The van der Waals surface area contributed by atoms with E-state index in [0.717, 1.165) is 5.92 Å². The van der Waals surface area contributed by atoms with Crippen LogP contribution in [0.1, 0.15) is 67.2 Å². The molecule has 1 saturated carbocycles. The molecule has 2 nitrogen and oxygen atoms in total. The van der Waals surface area contributed by atoms with Crippen molar-refractivity contribution in [2.45, 2.75) is 78.8 Å². The van der Waals surface area contributed by atoms with Crippen LogP contribution in [0.25, 0.3) is 0 Å². The summed E-state index contributed by atoms with van der Waals surface area (Å²) in [5.74, 6) is 0.735. The molecule has 1 unspecified atom stereocenters. The van der Waals surface area contributed by atoms with E-state index in [9.17, 15) is 0 Å². The molecule has 19 heavy (non-hydrogen) atoms. The first-order valence-corrected chi connectivity index (χ1v) is 8.10. The first-order chi connectivity index (χ1) is 8.65. The maximum Gasteiger partial charge on any atom is 0.00967 e. The second kappa shape index (κ2) is 6.58. The summed E-state index contributed by atoms with van der Waals surface area (Å²) in [7, 11) is 2.31. The predicted octanol–water partition coefficient (Wildman–Crippen LogP) is 3.91. The summed E-state index contributed by atoms with van der Waals surface area (Å²) in [6, 6.07) is 0.673. The highest BCUT2D eigenvalue weighted by atomic mass is 15.1. The Morgan fingerprint density at radius 3 is 2.05 bits per heavy atom. The Kier molecular flexibility index (Phi) is 5.88. The quantitative estimate of drug-likeness (QED) is 0.785. The van der Waals surface area contributed by atoms with Crippen LogP contribution >= 0.6 is 0 Å². The molecule has 0 bridgehead atoms. The minimum Gasteiger partial charge on any atom is -0.311 e. The summed E-state index contributed by atoms with van der Waals surface area (Å²) in [4.78, 5) is 2.58. The molecular weight excluding hydrogens is 232 g/mol. The van der Waals surface area contributed by atoms with E-state index in [-0.39, 0.29) is 5.54 Å². The first-order valence-electron chi connectivity index (χ1n) is 8.10. The van der Waals surface area contributed by atoms with Crippen LogP contribution in [0.2, 0.25) is 0 Å². The molecule has 0 amide bonds. The molecule has 1 aliphatic carbocycles. The second-order valence-corrected chi connectivity index (χ2v) is 8.21. The molecule has 1 rings (SSSR count). The van der Waals surface area contributed by atoms with Crippen molar-refractivity contribution in [1.82, 2.24) is 10.2 Å². The SMILES string of the molecule is CC(C)C(C)N(C)CC1(CNC(C)(C)C)CCCC1. The van der Waals surface area contributed by atoms with Crippen molar-refractivity contribution >= 4 is 0 Å². The Labute approximate surface area is 121 Å². The summed E-state index contributed by atoms with van der Waals surface area (Å²) >= 11 is 0. The lowest BCUT2D eigenvalue weighted by Crippen LogP contribution is -2.49. The largest absolute Gasteiger partial charge is 0.311 e. The van der Waals surface area contributed by atoms with Crippen molar-refractivity contribution in [3.63, 3.8) is 0 Å². The van der Waals surface area contributed by atoms with E-state index in [1.807, 2.05) is 0 Å². The smallest absolute Gasteiger partial charge is 0.00967 e. The molecule has 0 saturated heterocycles. The predicted molar refractivity (Wildman–Crippen MR) is 85.6 cm³/mol. The van der Waals surface area contributed by atoms with Gasteiger partial charge in [-0.15, -0.1) is 0 Å². The van der Waals surface area contributed by atoms with E-state index in [2.05, 4.69) is 58.8 Å². The molecule has 1 N–H and O–H groups in total. The van der Waals surface area contributed by atoms with Crippen molar-refractivity contribution < 1.29 is 0 Å². The summed E-state index contributed by atoms with van der Waals surface area (Å²) in [5, 5.41) is 3.75. The van der Waals surface area contributed by atoms with Gasteiger partial charge in [-0.3, -0.25) is 0 Å².